The molecule has 108 valence electrons. The maximum absolute atomic E-state index is 10.9. The number of rotatable bonds is 8. The molecule has 0 fully saturated rings. The molecule has 6 nitrogen and oxygen atoms in total. The third-order valence-corrected chi connectivity index (χ3v) is 3.37. The Morgan fingerprint density at radius 2 is 2.05 bits per heavy atom. The molecule has 0 spiro atoms. The fourth-order valence-electron chi connectivity index (χ4n) is 1.45. The smallest absolute Gasteiger partial charge is 0.208 e. The van der Waals surface area contributed by atoms with E-state index >= 15 is 0 Å². The molecule has 1 aromatic rings. The van der Waals surface area contributed by atoms with E-state index in [1.54, 1.807) is 0 Å². The van der Waals surface area contributed by atoms with Gasteiger partial charge in [-0.2, -0.15) is 0 Å². The second kappa shape index (κ2) is 7.76. The first kappa shape index (κ1) is 16.3. The summed E-state index contributed by atoms with van der Waals surface area (Å²) in [5.41, 5.74) is 0. The van der Waals surface area contributed by atoms with Gasteiger partial charge in [-0.05, 0) is 28.8 Å². The Hall–Kier alpha value is -0.730. The SMILES string of the molecule is CCCc1nc(Br)cc(NCCCNS(C)(=O)=O)n1. The quantitative estimate of drug-likeness (QED) is 0.548. The summed E-state index contributed by atoms with van der Waals surface area (Å²) in [6.07, 6.45) is 3.68. The summed E-state index contributed by atoms with van der Waals surface area (Å²) < 4.78 is 24.9. The van der Waals surface area contributed by atoms with Gasteiger partial charge in [-0.1, -0.05) is 6.92 Å². The highest BCUT2D eigenvalue weighted by molar-refractivity contribution is 9.10. The lowest BCUT2D eigenvalue weighted by molar-refractivity contribution is 0.586. The number of anilines is 1. The average molecular weight is 351 g/mol. The molecule has 19 heavy (non-hydrogen) atoms. The summed E-state index contributed by atoms with van der Waals surface area (Å²) in [7, 11) is -3.10. The van der Waals surface area contributed by atoms with Crippen LogP contribution in [-0.4, -0.2) is 37.7 Å². The molecule has 1 aromatic heterocycles. The molecule has 0 aromatic carbocycles. The van der Waals surface area contributed by atoms with Crippen LogP contribution in [0.15, 0.2) is 10.7 Å². The van der Waals surface area contributed by atoms with Gasteiger partial charge in [-0.25, -0.2) is 23.1 Å². The summed E-state index contributed by atoms with van der Waals surface area (Å²) in [5, 5.41) is 3.15. The van der Waals surface area contributed by atoms with Gasteiger partial charge in [0, 0.05) is 25.6 Å². The van der Waals surface area contributed by atoms with Crippen molar-refractivity contribution >= 4 is 31.8 Å². The first-order valence-electron chi connectivity index (χ1n) is 6.12. The maximum Gasteiger partial charge on any atom is 0.208 e. The Labute approximate surface area is 122 Å². The molecular formula is C11H19BrN4O2S. The molecule has 0 unspecified atom stereocenters. The van der Waals surface area contributed by atoms with E-state index in [-0.39, 0.29) is 0 Å². The van der Waals surface area contributed by atoms with E-state index in [1.165, 1.54) is 0 Å². The van der Waals surface area contributed by atoms with Crippen molar-refractivity contribution in [2.45, 2.75) is 26.2 Å². The zero-order valence-electron chi connectivity index (χ0n) is 11.1. The number of halogens is 1. The van der Waals surface area contributed by atoms with Crippen LogP contribution in [0, 0.1) is 0 Å². The number of aromatic nitrogens is 2. The lowest BCUT2D eigenvalue weighted by atomic mass is 10.3. The summed E-state index contributed by atoms with van der Waals surface area (Å²) in [5.74, 6) is 1.55. The molecule has 0 saturated heterocycles. The predicted octanol–water partition coefficient (Wildman–Crippen LogP) is 1.54. The van der Waals surface area contributed by atoms with Crippen LogP contribution in [0.1, 0.15) is 25.6 Å². The predicted molar refractivity (Wildman–Crippen MR) is 79.7 cm³/mol. The summed E-state index contributed by atoms with van der Waals surface area (Å²) in [6, 6.07) is 1.81. The molecule has 0 aliphatic rings. The van der Waals surface area contributed by atoms with Crippen LogP contribution in [0.25, 0.3) is 0 Å². The highest BCUT2D eigenvalue weighted by Crippen LogP contribution is 2.13. The van der Waals surface area contributed by atoms with Gasteiger partial charge in [0.15, 0.2) is 0 Å². The molecule has 1 heterocycles. The van der Waals surface area contributed by atoms with E-state index in [1.807, 2.05) is 6.07 Å². The Morgan fingerprint density at radius 3 is 2.68 bits per heavy atom. The van der Waals surface area contributed by atoms with Gasteiger partial charge in [0.2, 0.25) is 10.0 Å². The van der Waals surface area contributed by atoms with Crippen molar-refractivity contribution in [1.82, 2.24) is 14.7 Å². The van der Waals surface area contributed by atoms with Gasteiger partial charge in [0.05, 0.1) is 6.26 Å². The summed E-state index contributed by atoms with van der Waals surface area (Å²) in [6.45, 7) is 3.14. The molecular weight excluding hydrogens is 332 g/mol. The van der Waals surface area contributed by atoms with Crippen LogP contribution in [0.2, 0.25) is 0 Å². The zero-order valence-corrected chi connectivity index (χ0v) is 13.5. The fourth-order valence-corrected chi connectivity index (χ4v) is 2.39. The van der Waals surface area contributed by atoms with Crippen molar-refractivity contribution in [3.05, 3.63) is 16.5 Å². The summed E-state index contributed by atoms with van der Waals surface area (Å²) in [4.78, 5) is 8.65. The van der Waals surface area contributed by atoms with E-state index in [2.05, 4.69) is 42.9 Å². The van der Waals surface area contributed by atoms with Gasteiger partial charge in [0.25, 0.3) is 0 Å². The van der Waals surface area contributed by atoms with Crippen molar-refractivity contribution < 1.29 is 8.42 Å². The number of sulfonamides is 1. The molecule has 0 aliphatic carbocycles. The first-order chi connectivity index (χ1) is 8.90. The third-order valence-electron chi connectivity index (χ3n) is 2.24. The minimum Gasteiger partial charge on any atom is -0.370 e. The van der Waals surface area contributed by atoms with Crippen LogP contribution < -0.4 is 10.0 Å². The molecule has 0 amide bonds. The van der Waals surface area contributed by atoms with Crippen molar-refractivity contribution in [3.8, 4) is 0 Å². The van der Waals surface area contributed by atoms with Crippen molar-refractivity contribution in [2.24, 2.45) is 0 Å². The van der Waals surface area contributed by atoms with Crippen LogP contribution in [0.3, 0.4) is 0 Å². The molecule has 8 heteroatoms. The monoisotopic (exact) mass is 350 g/mol. The second-order valence-corrected chi connectivity index (χ2v) is 6.83. The van der Waals surface area contributed by atoms with Gasteiger partial charge < -0.3 is 5.32 Å². The van der Waals surface area contributed by atoms with Crippen LogP contribution >= 0.6 is 15.9 Å². The lowest BCUT2D eigenvalue weighted by Gasteiger charge is -2.08. The molecule has 0 bridgehead atoms. The molecule has 0 atom stereocenters. The van der Waals surface area contributed by atoms with Gasteiger partial charge in [-0.3, -0.25) is 0 Å². The largest absolute Gasteiger partial charge is 0.370 e. The number of nitrogens with one attached hydrogen (secondary N) is 2. The molecule has 0 radical (unpaired) electrons. The van der Waals surface area contributed by atoms with Crippen molar-refractivity contribution in [1.29, 1.82) is 0 Å². The standard InChI is InChI=1S/C11H19BrN4O2S/c1-3-5-10-15-9(12)8-11(16-10)13-6-4-7-14-19(2,17)18/h8,14H,3-7H2,1-2H3,(H,13,15,16). The Kier molecular flexibility index (Phi) is 6.67. The van der Waals surface area contributed by atoms with E-state index in [9.17, 15) is 8.42 Å². The average Bonchev–Trinajstić information content (AvgIpc) is 2.26. The highest BCUT2D eigenvalue weighted by Gasteiger charge is 2.03. The van der Waals surface area contributed by atoms with E-state index in [4.69, 9.17) is 0 Å². The van der Waals surface area contributed by atoms with E-state index in [0.29, 0.717) is 19.5 Å². The number of hydrogen-bond donors (Lipinski definition) is 2. The second-order valence-electron chi connectivity index (χ2n) is 4.19. The topological polar surface area (TPSA) is 84.0 Å². The molecule has 1 rings (SSSR count). The minimum absolute atomic E-state index is 0.417. The number of nitrogens with zero attached hydrogens (tertiary/aromatic N) is 2. The highest BCUT2D eigenvalue weighted by atomic mass is 79.9. The molecule has 2 N–H and O–H groups in total. The lowest BCUT2D eigenvalue weighted by Crippen LogP contribution is -2.24. The van der Waals surface area contributed by atoms with Gasteiger partial charge in [0.1, 0.15) is 16.2 Å². The minimum atomic E-state index is -3.10. The maximum atomic E-state index is 10.9. The van der Waals surface area contributed by atoms with Gasteiger partial charge >= 0.3 is 0 Å². The van der Waals surface area contributed by atoms with Crippen LogP contribution in [0.5, 0.6) is 0 Å². The van der Waals surface area contributed by atoms with Gasteiger partial charge in [-0.15, -0.1) is 0 Å². The Morgan fingerprint density at radius 1 is 1.32 bits per heavy atom. The molecule has 0 saturated carbocycles. The summed E-state index contributed by atoms with van der Waals surface area (Å²) >= 11 is 3.35. The third kappa shape index (κ3) is 7.44. The zero-order chi connectivity index (χ0) is 14.3. The number of aryl methyl sites for hydroxylation is 1. The molecule has 0 aliphatic heterocycles. The van der Waals surface area contributed by atoms with Crippen molar-refractivity contribution in [2.75, 3.05) is 24.7 Å². The van der Waals surface area contributed by atoms with Crippen molar-refractivity contribution in [3.63, 3.8) is 0 Å². The fraction of sp³-hybridized carbons (Fsp3) is 0.636. The Balaban J connectivity index is 2.40. The van der Waals surface area contributed by atoms with E-state index < -0.39 is 10.0 Å². The first-order valence-corrected chi connectivity index (χ1v) is 8.81. The normalized spacial score (nSPS) is 11.5. The van der Waals surface area contributed by atoms with E-state index in [0.717, 1.165) is 35.3 Å². The van der Waals surface area contributed by atoms with Crippen LogP contribution in [-0.2, 0) is 16.4 Å². The number of hydrogen-bond acceptors (Lipinski definition) is 5. The van der Waals surface area contributed by atoms with Crippen LogP contribution in [0.4, 0.5) is 5.82 Å². The Bertz CT molecular complexity index is 507.